The number of aromatic nitrogens is 2. The first-order valence-electron chi connectivity index (χ1n) is 5.92. The van der Waals surface area contributed by atoms with Gasteiger partial charge in [0.25, 0.3) is 0 Å². The Morgan fingerprint density at radius 1 is 1.32 bits per heavy atom. The third kappa shape index (κ3) is 4.86. The number of carbonyl (C=O) groups excluding carboxylic acids is 2. The molecule has 0 bridgehead atoms. The number of nitrogens with one attached hydrogen (secondary N) is 1. The zero-order valence-corrected chi connectivity index (χ0v) is 12.2. The number of hydrogen-bond donors (Lipinski definition) is 2. The highest BCUT2D eigenvalue weighted by Crippen LogP contribution is 2.23. The summed E-state index contributed by atoms with van der Waals surface area (Å²) in [4.78, 5) is 30.9. The van der Waals surface area contributed by atoms with E-state index in [1.54, 1.807) is 6.92 Å². The average molecular weight is 282 g/mol. The van der Waals surface area contributed by atoms with Crippen molar-refractivity contribution in [2.75, 3.05) is 0 Å². The van der Waals surface area contributed by atoms with E-state index in [1.165, 1.54) is 11.8 Å². The smallest absolute Gasteiger partial charge is 0.318 e. The number of primary amides is 1. The van der Waals surface area contributed by atoms with Crippen LogP contribution in [0.4, 0.5) is 4.79 Å². The minimum Gasteiger partial charge on any atom is -0.351 e. The van der Waals surface area contributed by atoms with Gasteiger partial charge in [-0.15, -0.1) is 0 Å². The SMILES string of the molecule is Cc1cc(S[C@@H](C)C(=O)NC(N)=O)nc(C(C)C)n1. The molecule has 0 saturated heterocycles. The van der Waals surface area contributed by atoms with Gasteiger partial charge >= 0.3 is 6.03 Å². The van der Waals surface area contributed by atoms with Crippen LogP contribution in [0.1, 0.15) is 38.2 Å². The van der Waals surface area contributed by atoms with Crippen molar-refractivity contribution in [3.8, 4) is 0 Å². The highest BCUT2D eigenvalue weighted by molar-refractivity contribution is 8.00. The Kier molecular flexibility index (Phi) is 5.29. The molecule has 1 atom stereocenters. The van der Waals surface area contributed by atoms with Gasteiger partial charge in [0, 0.05) is 11.6 Å². The van der Waals surface area contributed by atoms with Crippen LogP contribution in [0.15, 0.2) is 11.1 Å². The van der Waals surface area contributed by atoms with E-state index in [0.29, 0.717) is 5.03 Å². The number of carbonyl (C=O) groups is 2. The normalized spacial score (nSPS) is 12.3. The van der Waals surface area contributed by atoms with E-state index in [9.17, 15) is 9.59 Å². The molecule has 0 spiro atoms. The van der Waals surface area contributed by atoms with E-state index in [2.05, 4.69) is 15.3 Å². The molecule has 19 heavy (non-hydrogen) atoms. The van der Waals surface area contributed by atoms with E-state index in [0.717, 1.165) is 11.5 Å². The van der Waals surface area contributed by atoms with Crippen molar-refractivity contribution in [2.45, 2.75) is 43.9 Å². The molecule has 0 saturated carbocycles. The number of amides is 3. The van der Waals surface area contributed by atoms with E-state index in [-0.39, 0.29) is 5.92 Å². The van der Waals surface area contributed by atoms with Crippen LogP contribution in [0, 0.1) is 6.92 Å². The lowest BCUT2D eigenvalue weighted by Crippen LogP contribution is -2.39. The quantitative estimate of drug-likeness (QED) is 0.645. The second kappa shape index (κ2) is 6.51. The summed E-state index contributed by atoms with van der Waals surface area (Å²) < 4.78 is 0. The zero-order valence-electron chi connectivity index (χ0n) is 11.4. The number of nitrogens with zero attached hydrogens (tertiary/aromatic N) is 2. The molecule has 1 heterocycles. The second-order valence-electron chi connectivity index (χ2n) is 4.47. The molecule has 3 amide bonds. The molecule has 0 fully saturated rings. The zero-order chi connectivity index (χ0) is 14.6. The van der Waals surface area contributed by atoms with Gasteiger partial charge < -0.3 is 5.73 Å². The van der Waals surface area contributed by atoms with Crippen molar-refractivity contribution in [2.24, 2.45) is 5.73 Å². The number of rotatable bonds is 4. The predicted molar refractivity (Wildman–Crippen MR) is 73.9 cm³/mol. The first kappa shape index (κ1) is 15.4. The number of imide groups is 1. The fourth-order valence-electron chi connectivity index (χ4n) is 1.34. The molecule has 1 rings (SSSR count). The van der Waals surface area contributed by atoms with Crippen LogP contribution in [0.3, 0.4) is 0 Å². The monoisotopic (exact) mass is 282 g/mol. The number of hydrogen-bond acceptors (Lipinski definition) is 5. The molecule has 0 aliphatic rings. The minimum atomic E-state index is -0.848. The molecule has 0 radical (unpaired) electrons. The van der Waals surface area contributed by atoms with Crippen molar-refractivity contribution in [3.63, 3.8) is 0 Å². The highest BCUT2D eigenvalue weighted by atomic mass is 32.2. The van der Waals surface area contributed by atoms with Crippen molar-refractivity contribution < 1.29 is 9.59 Å². The number of thioether (sulfide) groups is 1. The fourth-order valence-corrected chi connectivity index (χ4v) is 2.25. The van der Waals surface area contributed by atoms with Crippen molar-refractivity contribution in [1.82, 2.24) is 15.3 Å². The number of aryl methyl sites for hydroxylation is 1. The van der Waals surface area contributed by atoms with Gasteiger partial charge in [-0.1, -0.05) is 25.6 Å². The molecule has 0 unspecified atom stereocenters. The van der Waals surface area contributed by atoms with E-state index < -0.39 is 17.2 Å². The molecule has 0 aliphatic heterocycles. The van der Waals surface area contributed by atoms with Crippen LogP contribution >= 0.6 is 11.8 Å². The van der Waals surface area contributed by atoms with Gasteiger partial charge in [-0.05, 0) is 19.9 Å². The van der Waals surface area contributed by atoms with Crippen molar-refractivity contribution >= 4 is 23.7 Å². The van der Waals surface area contributed by atoms with E-state index >= 15 is 0 Å². The van der Waals surface area contributed by atoms with Gasteiger partial charge in [0.2, 0.25) is 5.91 Å². The summed E-state index contributed by atoms with van der Waals surface area (Å²) in [6.45, 7) is 7.58. The van der Waals surface area contributed by atoms with E-state index in [4.69, 9.17) is 5.73 Å². The minimum absolute atomic E-state index is 0.217. The Morgan fingerprint density at radius 3 is 2.47 bits per heavy atom. The maximum absolute atomic E-state index is 11.6. The molecule has 0 aromatic carbocycles. The second-order valence-corrected chi connectivity index (χ2v) is 5.84. The summed E-state index contributed by atoms with van der Waals surface area (Å²) in [5, 5.41) is 2.31. The van der Waals surface area contributed by atoms with Crippen molar-refractivity contribution in [1.29, 1.82) is 0 Å². The summed E-state index contributed by atoms with van der Waals surface area (Å²) in [6, 6.07) is 0.962. The first-order chi connectivity index (χ1) is 8.79. The standard InChI is InChI=1S/C12H18N4O2S/c1-6(2)10-14-7(3)5-9(15-10)19-8(4)11(17)16-12(13)18/h5-6,8H,1-4H3,(H3,13,16,17,18)/t8-/m0/s1. The molecule has 6 nitrogen and oxygen atoms in total. The van der Waals surface area contributed by atoms with Gasteiger partial charge in [-0.3, -0.25) is 10.1 Å². The lowest BCUT2D eigenvalue weighted by Gasteiger charge is -2.11. The topological polar surface area (TPSA) is 98.0 Å². The molecule has 1 aromatic heterocycles. The molecular formula is C12H18N4O2S. The molecule has 1 aromatic rings. The number of urea groups is 1. The molecule has 7 heteroatoms. The average Bonchev–Trinajstić information content (AvgIpc) is 2.26. The van der Waals surface area contributed by atoms with Crippen LogP contribution in [0.25, 0.3) is 0 Å². The van der Waals surface area contributed by atoms with E-state index in [1.807, 2.05) is 26.8 Å². The first-order valence-corrected chi connectivity index (χ1v) is 6.80. The van der Waals surface area contributed by atoms with Gasteiger partial charge in [-0.25, -0.2) is 14.8 Å². The van der Waals surface area contributed by atoms with Crippen LogP contribution in [0.2, 0.25) is 0 Å². The van der Waals surface area contributed by atoms with Crippen LogP contribution in [0.5, 0.6) is 0 Å². The van der Waals surface area contributed by atoms with Crippen LogP contribution in [-0.2, 0) is 4.79 Å². The van der Waals surface area contributed by atoms with Gasteiger partial charge in [-0.2, -0.15) is 0 Å². The maximum atomic E-state index is 11.6. The highest BCUT2D eigenvalue weighted by Gasteiger charge is 2.17. The lowest BCUT2D eigenvalue weighted by molar-refractivity contribution is -0.119. The number of nitrogens with two attached hydrogens (primary N) is 1. The molecular weight excluding hydrogens is 264 g/mol. The van der Waals surface area contributed by atoms with Gasteiger partial charge in [0.1, 0.15) is 10.9 Å². The van der Waals surface area contributed by atoms with Crippen LogP contribution < -0.4 is 11.1 Å². The molecule has 3 N–H and O–H groups in total. The third-order valence-corrected chi connectivity index (χ3v) is 3.30. The summed E-state index contributed by atoms with van der Waals surface area (Å²) in [5.74, 6) is 0.527. The summed E-state index contributed by atoms with van der Waals surface area (Å²) in [5.41, 5.74) is 5.76. The Hall–Kier alpha value is -1.63. The van der Waals surface area contributed by atoms with Crippen LogP contribution in [-0.4, -0.2) is 27.2 Å². The summed E-state index contributed by atoms with van der Waals surface area (Å²) in [6.07, 6.45) is 0. The fraction of sp³-hybridized carbons (Fsp3) is 0.500. The molecule has 0 aliphatic carbocycles. The van der Waals surface area contributed by atoms with Gasteiger partial charge in [0.05, 0.1) is 5.25 Å². The molecule has 104 valence electrons. The largest absolute Gasteiger partial charge is 0.351 e. The third-order valence-electron chi connectivity index (χ3n) is 2.28. The van der Waals surface area contributed by atoms with Crippen molar-refractivity contribution in [3.05, 3.63) is 17.6 Å². The summed E-state index contributed by atoms with van der Waals surface area (Å²) in [7, 11) is 0. The Bertz CT molecular complexity index is 491. The Labute approximate surface area is 116 Å². The van der Waals surface area contributed by atoms with Gasteiger partial charge in [0.15, 0.2) is 0 Å². The summed E-state index contributed by atoms with van der Waals surface area (Å²) >= 11 is 1.27. The Balaban J connectivity index is 2.81. The lowest BCUT2D eigenvalue weighted by atomic mass is 10.2. The Morgan fingerprint density at radius 2 is 1.95 bits per heavy atom. The maximum Gasteiger partial charge on any atom is 0.318 e. The predicted octanol–water partition coefficient (Wildman–Crippen LogP) is 1.58.